The smallest absolute Gasteiger partial charge is 0.338 e. The summed E-state index contributed by atoms with van der Waals surface area (Å²) in [7, 11) is 0. The van der Waals surface area contributed by atoms with Gasteiger partial charge in [-0.05, 0) is 36.8 Å². The highest BCUT2D eigenvalue weighted by Gasteiger charge is 2.14. The third-order valence-electron chi connectivity index (χ3n) is 3.21. The predicted molar refractivity (Wildman–Crippen MR) is 76.5 cm³/mol. The van der Waals surface area contributed by atoms with Gasteiger partial charge >= 0.3 is 5.97 Å². The molecular weight excluding hydrogens is 276 g/mol. The molecule has 0 heterocycles. The molecule has 0 spiro atoms. The number of nitrogens with zero attached hydrogens (tertiary/aromatic N) is 1. The van der Waals surface area contributed by atoms with Crippen LogP contribution in [0.1, 0.15) is 22.8 Å². The molecule has 3 nitrogen and oxygen atoms in total. The molecule has 21 heavy (non-hydrogen) atoms. The van der Waals surface area contributed by atoms with Crippen LogP contribution in [0.3, 0.4) is 0 Å². The van der Waals surface area contributed by atoms with E-state index in [1.807, 2.05) is 6.92 Å². The van der Waals surface area contributed by atoms with E-state index in [2.05, 4.69) is 0 Å². The molecule has 0 aromatic heterocycles. The molecule has 0 unspecified atom stereocenters. The lowest BCUT2D eigenvalue weighted by Gasteiger charge is -2.23. The molecule has 0 amide bonds. The van der Waals surface area contributed by atoms with Crippen LogP contribution in [-0.4, -0.2) is 17.6 Å². The second kappa shape index (κ2) is 6.35. The van der Waals surface area contributed by atoms with E-state index in [1.165, 1.54) is 18.2 Å². The molecule has 0 aliphatic rings. The third-order valence-corrected chi connectivity index (χ3v) is 3.21. The zero-order valence-electron chi connectivity index (χ0n) is 11.5. The number of carboxylic acid groups (broad SMARTS) is 1. The first-order chi connectivity index (χ1) is 10.0. The lowest BCUT2D eigenvalue weighted by Crippen LogP contribution is -2.23. The van der Waals surface area contributed by atoms with E-state index < -0.39 is 11.8 Å². The van der Waals surface area contributed by atoms with Gasteiger partial charge in [0.25, 0.3) is 0 Å². The van der Waals surface area contributed by atoms with E-state index in [0.29, 0.717) is 24.3 Å². The summed E-state index contributed by atoms with van der Waals surface area (Å²) in [5.41, 5.74) is 0.664. The van der Waals surface area contributed by atoms with Crippen LogP contribution in [0.25, 0.3) is 0 Å². The minimum Gasteiger partial charge on any atom is -0.478 e. The lowest BCUT2D eigenvalue weighted by atomic mass is 10.1. The predicted octanol–water partition coefficient (Wildman–Crippen LogP) is 3.69. The van der Waals surface area contributed by atoms with Crippen LogP contribution in [0.5, 0.6) is 0 Å². The van der Waals surface area contributed by atoms with Gasteiger partial charge in [0.1, 0.15) is 11.6 Å². The zero-order valence-corrected chi connectivity index (χ0v) is 11.5. The highest BCUT2D eigenvalue weighted by molar-refractivity contribution is 5.88. The number of halogens is 2. The number of benzene rings is 2. The topological polar surface area (TPSA) is 40.5 Å². The Morgan fingerprint density at radius 2 is 1.86 bits per heavy atom. The number of carbonyl (C=O) groups is 1. The van der Waals surface area contributed by atoms with Crippen LogP contribution < -0.4 is 4.90 Å². The average Bonchev–Trinajstić information content (AvgIpc) is 2.47. The van der Waals surface area contributed by atoms with Gasteiger partial charge in [-0.25, -0.2) is 13.6 Å². The molecule has 0 atom stereocenters. The van der Waals surface area contributed by atoms with Gasteiger partial charge < -0.3 is 10.0 Å². The van der Waals surface area contributed by atoms with Gasteiger partial charge in [0.15, 0.2) is 0 Å². The quantitative estimate of drug-likeness (QED) is 0.913. The van der Waals surface area contributed by atoms with E-state index in [0.717, 1.165) is 6.07 Å². The maximum atomic E-state index is 13.8. The fourth-order valence-corrected chi connectivity index (χ4v) is 2.13. The molecule has 1 N–H and O–H groups in total. The number of para-hydroxylation sites is 1. The summed E-state index contributed by atoms with van der Waals surface area (Å²) >= 11 is 0. The minimum atomic E-state index is -1.32. The Balaban J connectivity index is 2.29. The highest BCUT2D eigenvalue weighted by Crippen LogP contribution is 2.21. The monoisotopic (exact) mass is 291 g/mol. The van der Waals surface area contributed by atoms with Crippen molar-refractivity contribution in [3.8, 4) is 0 Å². The van der Waals surface area contributed by atoms with Crippen LogP contribution in [0, 0.1) is 11.6 Å². The lowest BCUT2D eigenvalue weighted by molar-refractivity contribution is 0.0691. The fourth-order valence-electron chi connectivity index (χ4n) is 2.13. The minimum absolute atomic E-state index is 0.304. The fraction of sp³-hybridized carbons (Fsp3) is 0.188. The van der Waals surface area contributed by atoms with Gasteiger partial charge in [0.05, 0.1) is 11.3 Å². The number of hydrogen-bond donors (Lipinski definition) is 1. The molecule has 0 fully saturated rings. The molecule has 2 aromatic rings. The molecule has 0 bridgehead atoms. The summed E-state index contributed by atoms with van der Waals surface area (Å²) in [5, 5.41) is 8.93. The largest absolute Gasteiger partial charge is 0.478 e. The van der Waals surface area contributed by atoms with Crippen molar-refractivity contribution in [2.75, 3.05) is 11.4 Å². The van der Waals surface area contributed by atoms with Crippen molar-refractivity contribution >= 4 is 11.7 Å². The first-order valence-electron chi connectivity index (χ1n) is 6.54. The van der Waals surface area contributed by atoms with Crippen molar-refractivity contribution in [2.45, 2.75) is 13.5 Å². The second-order valence-electron chi connectivity index (χ2n) is 4.58. The molecule has 0 radical (unpaired) electrons. The molecule has 5 heteroatoms. The summed E-state index contributed by atoms with van der Waals surface area (Å²) in [6.07, 6.45) is 0. The van der Waals surface area contributed by atoms with Gasteiger partial charge in [-0.15, -0.1) is 0 Å². The molecule has 110 valence electrons. The maximum absolute atomic E-state index is 13.8. The van der Waals surface area contributed by atoms with Crippen molar-refractivity contribution in [1.29, 1.82) is 0 Å². The number of hydrogen-bond acceptors (Lipinski definition) is 2. The van der Waals surface area contributed by atoms with Gasteiger partial charge in [-0.3, -0.25) is 0 Å². The van der Waals surface area contributed by atoms with Crippen LogP contribution in [0.15, 0.2) is 42.5 Å². The number of carboxylic acids is 1. The summed E-state index contributed by atoms with van der Waals surface area (Å²) in [6.45, 7) is 2.72. The van der Waals surface area contributed by atoms with E-state index in [1.54, 1.807) is 23.1 Å². The van der Waals surface area contributed by atoms with Gasteiger partial charge in [0, 0.05) is 13.1 Å². The van der Waals surface area contributed by atoms with Gasteiger partial charge in [0.2, 0.25) is 0 Å². The van der Waals surface area contributed by atoms with E-state index in [-0.39, 0.29) is 11.4 Å². The van der Waals surface area contributed by atoms with Crippen molar-refractivity contribution in [2.24, 2.45) is 0 Å². The Morgan fingerprint density at radius 3 is 2.48 bits per heavy atom. The number of anilines is 1. The Kier molecular flexibility index (Phi) is 4.52. The van der Waals surface area contributed by atoms with Gasteiger partial charge in [-0.1, -0.05) is 18.2 Å². The average molecular weight is 291 g/mol. The summed E-state index contributed by atoms with van der Waals surface area (Å²) in [5.74, 6) is -2.44. The SMILES string of the molecule is CCN(Cc1ccc(F)c(C(=O)O)c1)c1ccccc1F. The molecule has 2 aromatic carbocycles. The van der Waals surface area contributed by atoms with Crippen molar-refractivity contribution < 1.29 is 18.7 Å². The Labute approximate surface area is 121 Å². The van der Waals surface area contributed by atoms with Crippen molar-refractivity contribution in [3.05, 3.63) is 65.2 Å². The van der Waals surface area contributed by atoms with Crippen molar-refractivity contribution in [1.82, 2.24) is 0 Å². The summed E-state index contributed by atoms with van der Waals surface area (Å²) in [4.78, 5) is 12.7. The summed E-state index contributed by atoms with van der Waals surface area (Å²) < 4.78 is 27.2. The normalized spacial score (nSPS) is 10.4. The van der Waals surface area contributed by atoms with Crippen LogP contribution >= 0.6 is 0 Å². The maximum Gasteiger partial charge on any atom is 0.338 e. The standard InChI is InChI=1S/C16H15F2NO2/c1-2-19(15-6-4-3-5-14(15)18)10-11-7-8-13(17)12(9-11)16(20)21/h3-9H,2,10H2,1H3,(H,20,21). The molecular formula is C16H15F2NO2. The van der Waals surface area contributed by atoms with E-state index in [4.69, 9.17) is 5.11 Å². The summed E-state index contributed by atoms with van der Waals surface area (Å²) in [6, 6.07) is 10.3. The second-order valence-corrected chi connectivity index (χ2v) is 4.58. The van der Waals surface area contributed by atoms with Crippen molar-refractivity contribution in [3.63, 3.8) is 0 Å². The van der Waals surface area contributed by atoms with Crippen LogP contribution in [0.4, 0.5) is 14.5 Å². The molecule has 0 aliphatic heterocycles. The van der Waals surface area contributed by atoms with E-state index >= 15 is 0 Å². The Bertz CT molecular complexity index is 658. The first kappa shape index (κ1) is 15.0. The molecule has 0 saturated heterocycles. The molecule has 2 rings (SSSR count). The Hall–Kier alpha value is -2.43. The van der Waals surface area contributed by atoms with Gasteiger partial charge in [-0.2, -0.15) is 0 Å². The third kappa shape index (κ3) is 3.37. The highest BCUT2D eigenvalue weighted by atomic mass is 19.1. The number of rotatable bonds is 5. The van der Waals surface area contributed by atoms with E-state index in [9.17, 15) is 13.6 Å². The number of aromatic carboxylic acids is 1. The molecule has 0 saturated carbocycles. The van der Waals surface area contributed by atoms with Crippen LogP contribution in [0.2, 0.25) is 0 Å². The van der Waals surface area contributed by atoms with Crippen LogP contribution in [-0.2, 0) is 6.54 Å². The first-order valence-corrected chi connectivity index (χ1v) is 6.54. The Morgan fingerprint density at radius 1 is 1.14 bits per heavy atom. The zero-order chi connectivity index (χ0) is 15.4. The molecule has 0 aliphatic carbocycles.